The number of halogens is 1. The van der Waals surface area contributed by atoms with Gasteiger partial charge in [0.2, 0.25) is 0 Å². The monoisotopic (exact) mass is 242 g/mol. The van der Waals surface area contributed by atoms with E-state index < -0.39 is 0 Å². The van der Waals surface area contributed by atoms with Gasteiger partial charge in [-0.05, 0) is 18.4 Å². The summed E-state index contributed by atoms with van der Waals surface area (Å²) in [6, 6.07) is 1.84. The zero-order chi connectivity index (χ0) is 12.1. The average Bonchev–Trinajstić information content (AvgIpc) is 2.26. The van der Waals surface area contributed by atoms with Crippen LogP contribution in [0.1, 0.15) is 25.8 Å². The van der Waals surface area contributed by atoms with E-state index in [1.165, 1.54) is 0 Å². The summed E-state index contributed by atoms with van der Waals surface area (Å²) in [5, 5.41) is 9.63. The van der Waals surface area contributed by atoms with Crippen molar-refractivity contribution >= 4 is 17.4 Å². The zero-order valence-electron chi connectivity index (χ0n) is 10.1. The molecule has 16 heavy (non-hydrogen) atoms. The first-order valence-electron chi connectivity index (χ1n) is 5.51. The SMILES string of the molecule is CC(C)CCN(C)c1cc(CO)c(Cl)cn1. The first-order chi connectivity index (χ1) is 7.54. The maximum atomic E-state index is 9.11. The van der Waals surface area contributed by atoms with E-state index in [0.717, 1.165) is 24.3 Å². The molecule has 0 saturated heterocycles. The quantitative estimate of drug-likeness (QED) is 0.863. The van der Waals surface area contributed by atoms with E-state index in [4.69, 9.17) is 16.7 Å². The normalized spacial score (nSPS) is 10.9. The molecule has 3 nitrogen and oxygen atoms in total. The Hall–Kier alpha value is -0.800. The van der Waals surface area contributed by atoms with Crippen molar-refractivity contribution in [2.45, 2.75) is 26.9 Å². The lowest BCUT2D eigenvalue weighted by atomic mass is 10.1. The van der Waals surface area contributed by atoms with E-state index in [2.05, 4.69) is 23.7 Å². The third kappa shape index (κ3) is 3.65. The van der Waals surface area contributed by atoms with Crippen LogP contribution in [0, 0.1) is 5.92 Å². The molecule has 0 aliphatic heterocycles. The second kappa shape index (κ2) is 6.06. The Balaban J connectivity index is 2.72. The number of aliphatic hydroxyl groups excluding tert-OH is 1. The number of aromatic nitrogens is 1. The van der Waals surface area contributed by atoms with Crippen LogP contribution < -0.4 is 4.90 Å². The van der Waals surface area contributed by atoms with Gasteiger partial charge in [0.15, 0.2) is 0 Å². The van der Waals surface area contributed by atoms with Crippen LogP contribution in [0.25, 0.3) is 0 Å². The lowest BCUT2D eigenvalue weighted by Gasteiger charge is -2.20. The summed E-state index contributed by atoms with van der Waals surface area (Å²) >= 11 is 5.89. The van der Waals surface area contributed by atoms with Crippen molar-refractivity contribution in [2.75, 3.05) is 18.5 Å². The number of hydrogen-bond acceptors (Lipinski definition) is 3. The standard InChI is InChI=1S/C12H19ClN2O/c1-9(2)4-5-15(3)12-6-10(8-16)11(13)7-14-12/h6-7,9,16H,4-5,8H2,1-3H3. The molecular weight excluding hydrogens is 224 g/mol. The van der Waals surface area contributed by atoms with Gasteiger partial charge in [-0.15, -0.1) is 0 Å². The number of hydrogen-bond donors (Lipinski definition) is 1. The molecule has 0 aromatic carbocycles. The second-order valence-electron chi connectivity index (χ2n) is 4.40. The van der Waals surface area contributed by atoms with Crippen LogP contribution in [0.2, 0.25) is 5.02 Å². The topological polar surface area (TPSA) is 36.4 Å². The van der Waals surface area contributed by atoms with Gasteiger partial charge in [-0.25, -0.2) is 4.98 Å². The molecule has 0 unspecified atom stereocenters. The van der Waals surface area contributed by atoms with E-state index in [-0.39, 0.29) is 6.61 Å². The van der Waals surface area contributed by atoms with Gasteiger partial charge in [-0.3, -0.25) is 0 Å². The van der Waals surface area contributed by atoms with Crippen LogP contribution in [-0.4, -0.2) is 23.7 Å². The summed E-state index contributed by atoms with van der Waals surface area (Å²) in [6.45, 7) is 5.30. The predicted octanol–water partition coefficient (Wildman–Crippen LogP) is 2.71. The molecule has 1 rings (SSSR count). The first kappa shape index (κ1) is 13.3. The lowest BCUT2D eigenvalue weighted by molar-refractivity contribution is 0.282. The Bertz CT molecular complexity index is 342. The van der Waals surface area contributed by atoms with Crippen molar-refractivity contribution in [2.24, 2.45) is 5.92 Å². The minimum absolute atomic E-state index is 0.0492. The largest absolute Gasteiger partial charge is 0.392 e. The van der Waals surface area contributed by atoms with Crippen LogP contribution >= 0.6 is 11.6 Å². The van der Waals surface area contributed by atoms with Crippen molar-refractivity contribution in [1.82, 2.24) is 4.98 Å². The number of nitrogens with zero attached hydrogens (tertiary/aromatic N) is 2. The molecule has 0 spiro atoms. The van der Waals surface area contributed by atoms with E-state index >= 15 is 0 Å². The second-order valence-corrected chi connectivity index (χ2v) is 4.80. The number of aliphatic hydroxyl groups is 1. The van der Waals surface area contributed by atoms with Gasteiger partial charge in [0.1, 0.15) is 5.82 Å². The fourth-order valence-electron chi connectivity index (χ4n) is 1.36. The molecule has 1 N–H and O–H groups in total. The minimum atomic E-state index is -0.0492. The molecule has 1 heterocycles. The number of anilines is 1. The minimum Gasteiger partial charge on any atom is -0.392 e. The molecule has 0 aliphatic carbocycles. The third-order valence-corrected chi connectivity index (χ3v) is 2.86. The van der Waals surface area contributed by atoms with Crippen molar-refractivity contribution < 1.29 is 5.11 Å². The number of pyridine rings is 1. The van der Waals surface area contributed by atoms with Gasteiger partial charge in [0.25, 0.3) is 0 Å². The van der Waals surface area contributed by atoms with Crippen molar-refractivity contribution in [3.63, 3.8) is 0 Å². The highest BCUT2D eigenvalue weighted by Gasteiger charge is 2.07. The smallest absolute Gasteiger partial charge is 0.128 e. The predicted molar refractivity (Wildman–Crippen MR) is 67.9 cm³/mol. The average molecular weight is 243 g/mol. The molecular formula is C12H19ClN2O. The van der Waals surface area contributed by atoms with Gasteiger partial charge < -0.3 is 10.0 Å². The van der Waals surface area contributed by atoms with Gasteiger partial charge in [-0.1, -0.05) is 25.4 Å². The van der Waals surface area contributed by atoms with Crippen LogP contribution in [0.3, 0.4) is 0 Å². The Labute approximate surface area is 102 Å². The lowest BCUT2D eigenvalue weighted by Crippen LogP contribution is -2.21. The molecule has 0 saturated carbocycles. The molecule has 4 heteroatoms. The molecule has 90 valence electrons. The molecule has 0 atom stereocenters. The fraction of sp³-hybridized carbons (Fsp3) is 0.583. The van der Waals surface area contributed by atoms with Crippen molar-refractivity contribution in [3.05, 3.63) is 22.8 Å². The van der Waals surface area contributed by atoms with Crippen LogP contribution in [0.4, 0.5) is 5.82 Å². The molecule has 1 aromatic rings. The highest BCUT2D eigenvalue weighted by molar-refractivity contribution is 6.31. The maximum Gasteiger partial charge on any atom is 0.128 e. The summed E-state index contributed by atoms with van der Waals surface area (Å²) in [5.74, 6) is 1.53. The van der Waals surface area contributed by atoms with Crippen molar-refractivity contribution in [3.8, 4) is 0 Å². The maximum absolute atomic E-state index is 9.11. The van der Waals surface area contributed by atoms with Gasteiger partial charge in [0.05, 0.1) is 11.6 Å². The highest BCUT2D eigenvalue weighted by Crippen LogP contribution is 2.20. The molecule has 0 bridgehead atoms. The molecule has 1 aromatic heterocycles. The van der Waals surface area contributed by atoms with Gasteiger partial charge in [0, 0.05) is 25.4 Å². The third-order valence-electron chi connectivity index (χ3n) is 2.52. The Morgan fingerprint density at radius 2 is 2.19 bits per heavy atom. The van der Waals surface area contributed by atoms with Crippen LogP contribution in [0.15, 0.2) is 12.3 Å². The summed E-state index contributed by atoms with van der Waals surface area (Å²) in [6.07, 6.45) is 2.71. The van der Waals surface area contributed by atoms with Crippen LogP contribution in [0.5, 0.6) is 0 Å². The van der Waals surface area contributed by atoms with E-state index in [0.29, 0.717) is 10.9 Å². The highest BCUT2D eigenvalue weighted by atomic mass is 35.5. The fourth-order valence-corrected chi connectivity index (χ4v) is 1.53. The van der Waals surface area contributed by atoms with Crippen molar-refractivity contribution in [1.29, 1.82) is 0 Å². The van der Waals surface area contributed by atoms with Gasteiger partial charge >= 0.3 is 0 Å². The Morgan fingerprint density at radius 3 is 2.75 bits per heavy atom. The number of rotatable bonds is 5. The Morgan fingerprint density at radius 1 is 1.50 bits per heavy atom. The first-order valence-corrected chi connectivity index (χ1v) is 5.88. The van der Waals surface area contributed by atoms with Crippen LogP contribution in [-0.2, 0) is 6.61 Å². The molecule has 0 aliphatic rings. The Kier molecular flexibility index (Phi) is 5.03. The zero-order valence-corrected chi connectivity index (χ0v) is 10.8. The molecule has 0 fully saturated rings. The summed E-state index contributed by atoms with van der Waals surface area (Å²) in [5.41, 5.74) is 0.725. The summed E-state index contributed by atoms with van der Waals surface area (Å²) < 4.78 is 0. The summed E-state index contributed by atoms with van der Waals surface area (Å²) in [7, 11) is 2.00. The molecule has 0 amide bonds. The summed E-state index contributed by atoms with van der Waals surface area (Å²) in [4.78, 5) is 6.33. The molecule has 0 radical (unpaired) electrons. The van der Waals surface area contributed by atoms with Gasteiger partial charge in [-0.2, -0.15) is 0 Å². The van der Waals surface area contributed by atoms with E-state index in [1.54, 1.807) is 6.20 Å². The van der Waals surface area contributed by atoms with E-state index in [9.17, 15) is 0 Å². The van der Waals surface area contributed by atoms with E-state index in [1.807, 2.05) is 13.1 Å².